The highest BCUT2D eigenvalue weighted by atomic mass is 19.1. The Morgan fingerprint density at radius 1 is 1.15 bits per heavy atom. The highest BCUT2D eigenvalue weighted by Gasteiger charge is 2.51. The summed E-state index contributed by atoms with van der Waals surface area (Å²) in [5.74, 6) is -0.209. The number of anilines is 2. The average Bonchev–Trinajstić information content (AvgIpc) is 3.32. The van der Waals surface area contributed by atoms with Crippen LogP contribution in [0.15, 0.2) is 42.5 Å². The third-order valence-electron chi connectivity index (χ3n) is 5.40. The first-order valence-electron chi connectivity index (χ1n) is 8.98. The first-order chi connectivity index (χ1) is 12.5. The van der Waals surface area contributed by atoms with Crippen LogP contribution < -0.4 is 10.2 Å². The Hall–Kier alpha value is -2.69. The molecule has 2 amide bonds. The Kier molecular flexibility index (Phi) is 4.02. The van der Waals surface area contributed by atoms with Crippen LogP contribution >= 0.6 is 0 Å². The normalized spacial score (nSPS) is 18.1. The van der Waals surface area contributed by atoms with Crippen LogP contribution in [0, 0.1) is 12.7 Å². The predicted molar refractivity (Wildman–Crippen MR) is 98.7 cm³/mol. The smallest absolute Gasteiger partial charge is 0.235 e. The Morgan fingerprint density at radius 3 is 2.46 bits per heavy atom. The van der Waals surface area contributed by atoms with Crippen LogP contribution in [-0.4, -0.2) is 18.4 Å². The maximum Gasteiger partial charge on any atom is 0.235 e. The average molecular weight is 352 g/mol. The Bertz CT molecular complexity index is 872. The molecule has 1 aliphatic heterocycles. The largest absolute Gasteiger partial charge is 0.325 e. The van der Waals surface area contributed by atoms with Crippen LogP contribution in [0.2, 0.25) is 0 Å². The number of carbonyl (C=O) groups is 2. The molecule has 2 aliphatic rings. The Morgan fingerprint density at radius 2 is 1.88 bits per heavy atom. The highest BCUT2D eigenvalue weighted by molar-refractivity contribution is 6.02. The molecule has 1 saturated carbocycles. The summed E-state index contributed by atoms with van der Waals surface area (Å²) in [5, 5.41) is 2.99. The number of halogens is 1. The van der Waals surface area contributed by atoms with Crippen LogP contribution in [-0.2, 0) is 15.0 Å². The van der Waals surface area contributed by atoms with Gasteiger partial charge in [-0.25, -0.2) is 4.39 Å². The summed E-state index contributed by atoms with van der Waals surface area (Å²) in [6, 6.07) is 11.8. The number of aryl methyl sites for hydroxylation is 1. The molecular formula is C21H21FN2O2. The minimum absolute atomic E-state index is 0.0616. The second-order valence-corrected chi connectivity index (χ2v) is 7.19. The molecule has 4 nitrogen and oxygen atoms in total. The summed E-state index contributed by atoms with van der Waals surface area (Å²) in [6.45, 7) is 2.70. The molecule has 2 fully saturated rings. The lowest BCUT2D eigenvalue weighted by Crippen LogP contribution is -2.28. The van der Waals surface area contributed by atoms with Crippen LogP contribution in [0.25, 0.3) is 0 Å². The van der Waals surface area contributed by atoms with Gasteiger partial charge in [0.2, 0.25) is 11.8 Å². The van der Waals surface area contributed by atoms with E-state index in [9.17, 15) is 14.0 Å². The molecule has 2 aromatic rings. The van der Waals surface area contributed by atoms with Crippen molar-refractivity contribution < 1.29 is 14.0 Å². The van der Waals surface area contributed by atoms with Crippen LogP contribution in [0.4, 0.5) is 15.8 Å². The second kappa shape index (κ2) is 6.24. The lowest BCUT2D eigenvalue weighted by Gasteiger charge is -2.20. The summed E-state index contributed by atoms with van der Waals surface area (Å²) < 4.78 is 13.2. The van der Waals surface area contributed by atoms with E-state index in [-0.39, 0.29) is 17.6 Å². The molecule has 4 rings (SSSR count). The summed E-state index contributed by atoms with van der Waals surface area (Å²) >= 11 is 0. The van der Waals surface area contributed by atoms with Gasteiger partial charge < -0.3 is 10.2 Å². The van der Waals surface area contributed by atoms with E-state index in [0.717, 1.165) is 48.3 Å². The summed E-state index contributed by atoms with van der Waals surface area (Å²) in [6.07, 6.45) is 3.02. The first-order valence-corrected chi connectivity index (χ1v) is 8.98. The van der Waals surface area contributed by atoms with Gasteiger partial charge in [0.25, 0.3) is 0 Å². The van der Waals surface area contributed by atoms with E-state index in [2.05, 4.69) is 5.32 Å². The molecule has 0 radical (unpaired) electrons. The van der Waals surface area contributed by atoms with Crippen molar-refractivity contribution in [1.29, 1.82) is 0 Å². The molecule has 0 unspecified atom stereocenters. The number of benzene rings is 2. The zero-order valence-corrected chi connectivity index (χ0v) is 14.7. The molecule has 134 valence electrons. The second-order valence-electron chi connectivity index (χ2n) is 7.19. The fourth-order valence-corrected chi connectivity index (χ4v) is 3.73. The molecule has 0 bridgehead atoms. The fourth-order valence-electron chi connectivity index (χ4n) is 3.73. The monoisotopic (exact) mass is 352 g/mol. The number of carbonyl (C=O) groups excluding carboxylic acids is 2. The molecule has 5 heteroatoms. The van der Waals surface area contributed by atoms with Crippen LogP contribution in [0.5, 0.6) is 0 Å². The summed E-state index contributed by atoms with van der Waals surface area (Å²) in [5.41, 5.74) is 2.89. The van der Waals surface area contributed by atoms with Crippen molar-refractivity contribution in [2.24, 2.45) is 0 Å². The molecule has 2 aromatic carbocycles. The molecule has 1 N–H and O–H groups in total. The van der Waals surface area contributed by atoms with Crippen molar-refractivity contribution >= 4 is 23.2 Å². The number of rotatable bonds is 4. The van der Waals surface area contributed by atoms with E-state index < -0.39 is 5.41 Å². The molecule has 0 aromatic heterocycles. The van der Waals surface area contributed by atoms with E-state index in [1.807, 2.05) is 30.0 Å². The van der Waals surface area contributed by atoms with Gasteiger partial charge in [0.15, 0.2) is 0 Å². The number of amides is 2. The van der Waals surface area contributed by atoms with Crippen molar-refractivity contribution in [2.75, 3.05) is 16.8 Å². The summed E-state index contributed by atoms with van der Waals surface area (Å²) in [7, 11) is 0. The Labute approximate surface area is 152 Å². The number of nitrogens with zero attached hydrogens (tertiary/aromatic N) is 1. The van der Waals surface area contributed by atoms with E-state index in [0.29, 0.717) is 6.42 Å². The third kappa shape index (κ3) is 2.87. The van der Waals surface area contributed by atoms with Crippen molar-refractivity contribution in [3.05, 3.63) is 59.4 Å². The van der Waals surface area contributed by atoms with Gasteiger partial charge in [-0.1, -0.05) is 12.1 Å². The molecule has 1 heterocycles. The van der Waals surface area contributed by atoms with Crippen LogP contribution in [0.3, 0.4) is 0 Å². The number of nitrogens with one attached hydrogen (secondary N) is 1. The maximum atomic E-state index is 13.2. The van der Waals surface area contributed by atoms with Gasteiger partial charge in [-0.05, 0) is 67.6 Å². The van der Waals surface area contributed by atoms with E-state index in [1.54, 1.807) is 12.1 Å². The lowest BCUT2D eigenvalue weighted by molar-refractivity contribution is -0.118. The molecular weight excluding hydrogens is 331 g/mol. The minimum Gasteiger partial charge on any atom is -0.325 e. The third-order valence-corrected chi connectivity index (χ3v) is 5.40. The van der Waals surface area contributed by atoms with Gasteiger partial charge in [0.05, 0.1) is 5.41 Å². The first kappa shape index (κ1) is 16.8. The highest BCUT2D eigenvalue weighted by Crippen LogP contribution is 2.49. The Balaban J connectivity index is 1.52. The van der Waals surface area contributed by atoms with Gasteiger partial charge in [0.1, 0.15) is 5.82 Å². The van der Waals surface area contributed by atoms with Crippen molar-refractivity contribution in [2.45, 2.75) is 38.0 Å². The summed E-state index contributed by atoms with van der Waals surface area (Å²) in [4.78, 5) is 26.6. The quantitative estimate of drug-likeness (QED) is 0.906. The van der Waals surface area contributed by atoms with Gasteiger partial charge >= 0.3 is 0 Å². The zero-order chi connectivity index (χ0) is 18.3. The topological polar surface area (TPSA) is 49.4 Å². The molecule has 0 atom stereocenters. The standard InChI is InChI=1S/C21H21FN2O2/c1-14-13-17(8-9-18(14)24-12-2-3-19(24)25)23-20(26)21(10-11-21)15-4-6-16(22)7-5-15/h4-9,13H,2-3,10-12H2,1H3,(H,23,26). The van der Waals surface area contributed by atoms with E-state index in [4.69, 9.17) is 0 Å². The zero-order valence-electron chi connectivity index (χ0n) is 14.7. The van der Waals surface area contributed by atoms with E-state index in [1.165, 1.54) is 12.1 Å². The molecule has 26 heavy (non-hydrogen) atoms. The fraction of sp³-hybridized carbons (Fsp3) is 0.333. The van der Waals surface area contributed by atoms with Gasteiger partial charge in [-0.2, -0.15) is 0 Å². The van der Waals surface area contributed by atoms with Crippen molar-refractivity contribution in [3.63, 3.8) is 0 Å². The van der Waals surface area contributed by atoms with Crippen molar-refractivity contribution in [3.8, 4) is 0 Å². The predicted octanol–water partition coefficient (Wildman–Crippen LogP) is 3.93. The number of hydrogen-bond acceptors (Lipinski definition) is 2. The van der Waals surface area contributed by atoms with Crippen molar-refractivity contribution in [1.82, 2.24) is 0 Å². The van der Waals surface area contributed by atoms with Crippen LogP contribution in [0.1, 0.15) is 36.8 Å². The SMILES string of the molecule is Cc1cc(NC(=O)C2(c3ccc(F)cc3)CC2)ccc1N1CCCC1=O. The minimum atomic E-state index is -0.550. The molecule has 1 saturated heterocycles. The van der Waals surface area contributed by atoms with E-state index >= 15 is 0 Å². The lowest BCUT2D eigenvalue weighted by atomic mass is 9.95. The molecule has 1 aliphatic carbocycles. The van der Waals surface area contributed by atoms with Gasteiger partial charge in [-0.3, -0.25) is 9.59 Å². The van der Waals surface area contributed by atoms with Gasteiger partial charge in [0, 0.05) is 24.3 Å². The number of hydrogen-bond donors (Lipinski definition) is 1. The maximum absolute atomic E-state index is 13.2. The van der Waals surface area contributed by atoms with Gasteiger partial charge in [-0.15, -0.1) is 0 Å². The molecule has 0 spiro atoms.